The van der Waals surface area contributed by atoms with E-state index in [1.165, 1.54) is 7.11 Å². The van der Waals surface area contributed by atoms with Crippen LogP contribution in [0.2, 0.25) is 0 Å². The third kappa shape index (κ3) is 2.35. The quantitative estimate of drug-likeness (QED) is 0.361. The third-order valence-corrected chi connectivity index (χ3v) is 2.37. The van der Waals surface area contributed by atoms with Crippen molar-refractivity contribution in [2.75, 3.05) is 13.7 Å². The molecule has 0 spiro atoms. The first-order valence-corrected chi connectivity index (χ1v) is 4.53. The van der Waals surface area contributed by atoms with E-state index < -0.39 is 0 Å². The molecule has 6 nitrogen and oxygen atoms in total. The van der Waals surface area contributed by atoms with Gasteiger partial charge in [-0.1, -0.05) is 0 Å². The second-order valence-electron chi connectivity index (χ2n) is 3.23. The minimum atomic E-state index is -0.377. The topological polar surface area (TPSA) is 84.7 Å². The maximum absolute atomic E-state index is 11.2. The molecule has 0 aromatic heterocycles. The fourth-order valence-corrected chi connectivity index (χ4v) is 1.68. The first-order chi connectivity index (χ1) is 6.69. The number of carbonyl (C=O) groups excluding carboxylic acids is 2. The Morgan fingerprint density at radius 1 is 1.64 bits per heavy atom. The van der Waals surface area contributed by atoms with E-state index in [1.54, 1.807) is 4.90 Å². The number of amides is 2. The van der Waals surface area contributed by atoms with Gasteiger partial charge < -0.3 is 9.64 Å². The van der Waals surface area contributed by atoms with Crippen molar-refractivity contribution in [3.05, 3.63) is 0 Å². The summed E-state index contributed by atoms with van der Waals surface area (Å²) in [6, 6.07) is -0.0778. The number of methoxy groups -OCH3 is 1. The number of nitrogens with zero attached hydrogens (tertiary/aromatic N) is 1. The Morgan fingerprint density at radius 2 is 2.36 bits per heavy atom. The van der Waals surface area contributed by atoms with Gasteiger partial charge in [0.05, 0.1) is 7.11 Å². The predicted octanol–water partition coefficient (Wildman–Crippen LogP) is -0.403. The maximum atomic E-state index is 11.2. The van der Waals surface area contributed by atoms with E-state index in [2.05, 4.69) is 10.2 Å². The molecule has 0 radical (unpaired) electrons. The van der Waals surface area contributed by atoms with Crippen LogP contribution in [0.5, 0.6) is 0 Å². The number of nitrogens with one attached hydrogen (secondary N) is 1. The Balaban J connectivity index is 2.51. The molecule has 6 heteroatoms. The van der Waals surface area contributed by atoms with Crippen LogP contribution in [0.4, 0.5) is 4.79 Å². The number of nitrogens with two attached hydrogens (primary N) is 1. The number of ether oxygens (including phenoxy) is 1. The molecule has 0 aliphatic carbocycles. The highest BCUT2D eigenvalue weighted by molar-refractivity contribution is 5.77. The summed E-state index contributed by atoms with van der Waals surface area (Å²) in [4.78, 5) is 23.8. The Bertz CT molecular complexity index is 232. The molecule has 1 saturated heterocycles. The second-order valence-corrected chi connectivity index (χ2v) is 3.23. The van der Waals surface area contributed by atoms with E-state index in [0.29, 0.717) is 6.54 Å². The van der Waals surface area contributed by atoms with Crippen molar-refractivity contribution >= 4 is 12.0 Å². The summed E-state index contributed by atoms with van der Waals surface area (Å²) in [5.41, 5.74) is 2.05. The van der Waals surface area contributed by atoms with Crippen LogP contribution in [-0.2, 0) is 9.53 Å². The number of carbonyl (C=O) groups is 2. The summed E-state index contributed by atoms with van der Waals surface area (Å²) in [5.74, 6) is 4.71. The molecule has 1 aliphatic rings. The van der Waals surface area contributed by atoms with E-state index in [0.717, 1.165) is 12.8 Å². The molecule has 1 unspecified atom stereocenters. The summed E-state index contributed by atoms with van der Waals surface area (Å²) in [5, 5.41) is 0. The Morgan fingerprint density at radius 3 is 2.93 bits per heavy atom. The Kier molecular flexibility index (Phi) is 3.70. The van der Waals surface area contributed by atoms with Gasteiger partial charge in [-0.2, -0.15) is 0 Å². The zero-order valence-corrected chi connectivity index (χ0v) is 8.16. The first-order valence-electron chi connectivity index (χ1n) is 4.53. The lowest BCUT2D eigenvalue weighted by atomic mass is 10.1. The molecular weight excluding hydrogens is 186 g/mol. The lowest BCUT2D eigenvalue weighted by Crippen LogP contribution is -2.40. The standard InChI is InChI=1S/C8H15N3O3/c1-14-8(13)11-4-2-3-6(11)5-7(12)10-9/h6H,2-5,9H2,1H3,(H,10,12). The highest BCUT2D eigenvalue weighted by atomic mass is 16.5. The second kappa shape index (κ2) is 4.80. The van der Waals surface area contributed by atoms with Crippen LogP contribution in [-0.4, -0.2) is 36.6 Å². The Labute approximate surface area is 82.3 Å². The molecule has 1 heterocycles. The van der Waals surface area contributed by atoms with Crippen LogP contribution in [0.25, 0.3) is 0 Å². The molecule has 1 fully saturated rings. The SMILES string of the molecule is COC(=O)N1CCCC1CC(=O)NN. The van der Waals surface area contributed by atoms with Gasteiger partial charge in [0, 0.05) is 19.0 Å². The zero-order chi connectivity index (χ0) is 10.6. The number of hydrogen-bond donors (Lipinski definition) is 2. The summed E-state index contributed by atoms with van der Waals surface area (Å²) < 4.78 is 4.60. The van der Waals surface area contributed by atoms with E-state index in [1.807, 2.05) is 0 Å². The van der Waals surface area contributed by atoms with Crippen molar-refractivity contribution in [3.8, 4) is 0 Å². The van der Waals surface area contributed by atoms with Crippen LogP contribution in [0.3, 0.4) is 0 Å². The molecule has 14 heavy (non-hydrogen) atoms. The summed E-state index contributed by atoms with van der Waals surface area (Å²) in [7, 11) is 1.33. The van der Waals surface area contributed by atoms with Crippen LogP contribution in [0, 0.1) is 0 Å². The molecule has 1 aliphatic heterocycles. The van der Waals surface area contributed by atoms with Gasteiger partial charge in [-0.15, -0.1) is 0 Å². The largest absolute Gasteiger partial charge is 0.453 e. The maximum Gasteiger partial charge on any atom is 0.409 e. The summed E-state index contributed by atoms with van der Waals surface area (Å²) in [6.45, 7) is 0.648. The summed E-state index contributed by atoms with van der Waals surface area (Å²) in [6.07, 6.45) is 1.59. The average molecular weight is 201 g/mol. The van der Waals surface area contributed by atoms with Gasteiger partial charge in [0.15, 0.2) is 0 Å². The molecule has 1 rings (SSSR count). The number of hydrogen-bond acceptors (Lipinski definition) is 4. The van der Waals surface area contributed by atoms with Gasteiger partial charge in [-0.3, -0.25) is 10.2 Å². The van der Waals surface area contributed by atoms with Gasteiger partial charge >= 0.3 is 6.09 Å². The predicted molar refractivity (Wildman–Crippen MR) is 49.1 cm³/mol. The molecule has 0 aromatic carbocycles. The number of likely N-dealkylation sites (tertiary alicyclic amines) is 1. The minimum Gasteiger partial charge on any atom is -0.453 e. The van der Waals surface area contributed by atoms with Crippen molar-refractivity contribution in [1.82, 2.24) is 10.3 Å². The molecular formula is C8H15N3O3. The van der Waals surface area contributed by atoms with Gasteiger partial charge in [0.25, 0.3) is 0 Å². The number of rotatable bonds is 2. The molecule has 0 saturated carbocycles. The molecule has 3 N–H and O–H groups in total. The fourth-order valence-electron chi connectivity index (χ4n) is 1.68. The van der Waals surface area contributed by atoms with Gasteiger partial charge in [0.2, 0.25) is 5.91 Å². The van der Waals surface area contributed by atoms with Crippen molar-refractivity contribution in [2.24, 2.45) is 5.84 Å². The van der Waals surface area contributed by atoms with Crippen molar-refractivity contribution in [2.45, 2.75) is 25.3 Å². The summed E-state index contributed by atoms with van der Waals surface area (Å²) >= 11 is 0. The highest BCUT2D eigenvalue weighted by Crippen LogP contribution is 2.20. The fraction of sp³-hybridized carbons (Fsp3) is 0.750. The van der Waals surface area contributed by atoms with E-state index >= 15 is 0 Å². The molecule has 1 atom stereocenters. The zero-order valence-electron chi connectivity index (χ0n) is 8.16. The monoisotopic (exact) mass is 201 g/mol. The van der Waals surface area contributed by atoms with Crippen LogP contribution >= 0.6 is 0 Å². The molecule has 0 aromatic rings. The van der Waals surface area contributed by atoms with Crippen LogP contribution in [0.1, 0.15) is 19.3 Å². The van der Waals surface area contributed by atoms with Gasteiger partial charge in [-0.25, -0.2) is 10.6 Å². The Hall–Kier alpha value is -1.30. The van der Waals surface area contributed by atoms with E-state index in [-0.39, 0.29) is 24.5 Å². The van der Waals surface area contributed by atoms with Crippen molar-refractivity contribution < 1.29 is 14.3 Å². The van der Waals surface area contributed by atoms with E-state index in [4.69, 9.17) is 5.84 Å². The lowest BCUT2D eigenvalue weighted by molar-refractivity contribution is -0.122. The molecule has 0 bridgehead atoms. The average Bonchev–Trinajstić information content (AvgIpc) is 2.64. The minimum absolute atomic E-state index is 0.0778. The molecule has 80 valence electrons. The van der Waals surface area contributed by atoms with Crippen molar-refractivity contribution in [1.29, 1.82) is 0 Å². The van der Waals surface area contributed by atoms with Crippen molar-refractivity contribution in [3.63, 3.8) is 0 Å². The smallest absolute Gasteiger partial charge is 0.409 e. The van der Waals surface area contributed by atoms with Crippen LogP contribution in [0.15, 0.2) is 0 Å². The molecule has 2 amide bonds. The normalized spacial score (nSPS) is 20.7. The third-order valence-electron chi connectivity index (χ3n) is 2.37. The van der Waals surface area contributed by atoms with E-state index in [9.17, 15) is 9.59 Å². The number of hydrazine groups is 1. The van der Waals surface area contributed by atoms with Gasteiger partial charge in [-0.05, 0) is 12.8 Å². The first kappa shape index (κ1) is 10.8. The van der Waals surface area contributed by atoms with Crippen LogP contribution < -0.4 is 11.3 Å². The lowest BCUT2D eigenvalue weighted by Gasteiger charge is -2.22. The highest BCUT2D eigenvalue weighted by Gasteiger charge is 2.30. The van der Waals surface area contributed by atoms with Gasteiger partial charge in [0.1, 0.15) is 0 Å².